The number of benzene rings is 4. The van der Waals surface area contributed by atoms with Crippen LogP contribution in [-0.2, 0) is 6.18 Å². The molecule has 0 aliphatic carbocycles. The molecule has 3 nitrogen and oxygen atoms in total. The second-order valence-electron chi connectivity index (χ2n) is 8.59. The summed E-state index contributed by atoms with van der Waals surface area (Å²) < 4.78 is 38.9. The Morgan fingerprint density at radius 2 is 1.24 bits per heavy atom. The molecule has 0 bridgehead atoms. The Morgan fingerprint density at radius 1 is 0.703 bits per heavy atom. The Labute approximate surface area is 220 Å². The molecule has 1 aromatic heterocycles. The third-order valence-corrected chi connectivity index (χ3v) is 6.60. The number of aromatic nitrogens is 1. The van der Waals surface area contributed by atoms with Crippen LogP contribution in [0.1, 0.15) is 28.2 Å². The predicted octanol–water partition coefficient (Wildman–Crippen LogP) is 8.78. The largest absolute Gasteiger partial charge is 0.416 e. The lowest BCUT2D eigenvalue weighted by Gasteiger charge is -2.20. The zero-order chi connectivity index (χ0) is 26.2. The van der Waals surface area contributed by atoms with Crippen molar-refractivity contribution >= 4 is 45.5 Å². The van der Waals surface area contributed by atoms with Crippen molar-refractivity contribution in [1.29, 1.82) is 0 Å². The standard InChI is InChI=1S/C29H19Cl2F3N2O/c30-21-8-1-17(2-9-21)28(18-3-10-22(31)11-4-18)19-5-14-25-24(15-19)26(16-27(37)36-25)35-23-12-6-20(7-13-23)29(32,33)34/h1-16,28H,(H2,35,36,37). The number of hydrogen-bond acceptors (Lipinski definition) is 2. The first-order chi connectivity index (χ1) is 17.7. The van der Waals surface area contributed by atoms with E-state index in [9.17, 15) is 18.0 Å². The molecule has 5 rings (SSSR count). The number of aromatic amines is 1. The molecule has 0 unspecified atom stereocenters. The fraction of sp³-hybridized carbons (Fsp3) is 0.0690. The van der Waals surface area contributed by atoms with E-state index in [-0.39, 0.29) is 11.5 Å². The molecule has 0 atom stereocenters. The first-order valence-electron chi connectivity index (χ1n) is 11.3. The van der Waals surface area contributed by atoms with Gasteiger partial charge in [-0.1, -0.05) is 53.5 Å². The molecule has 37 heavy (non-hydrogen) atoms. The van der Waals surface area contributed by atoms with Gasteiger partial charge in [-0.15, -0.1) is 0 Å². The second kappa shape index (κ2) is 9.96. The summed E-state index contributed by atoms with van der Waals surface area (Å²) in [7, 11) is 0. The Hall–Kier alpha value is -3.74. The highest BCUT2D eigenvalue weighted by atomic mass is 35.5. The lowest BCUT2D eigenvalue weighted by atomic mass is 9.84. The Bertz CT molecular complexity index is 1570. The van der Waals surface area contributed by atoms with Gasteiger partial charge >= 0.3 is 6.18 Å². The Morgan fingerprint density at radius 3 is 1.78 bits per heavy atom. The van der Waals surface area contributed by atoms with E-state index in [4.69, 9.17) is 23.2 Å². The van der Waals surface area contributed by atoms with E-state index < -0.39 is 11.7 Å². The fourth-order valence-electron chi connectivity index (χ4n) is 4.34. The molecule has 2 N–H and O–H groups in total. The lowest BCUT2D eigenvalue weighted by Crippen LogP contribution is -2.08. The maximum atomic E-state index is 13.0. The van der Waals surface area contributed by atoms with Gasteiger partial charge in [0.05, 0.1) is 16.8 Å². The van der Waals surface area contributed by atoms with Crippen LogP contribution in [0.15, 0.2) is 102 Å². The molecule has 4 aromatic carbocycles. The quantitative estimate of drug-likeness (QED) is 0.219. The number of anilines is 2. The molecule has 5 aromatic rings. The number of halogens is 5. The number of hydrogen-bond donors (Lipinski definition) is 2. The normalized spacial score (nSPS) is 11.7. The van der Waals surface area contributed by atoms with Crippen LogP contribution in [0.5, 0.6) is 0 Å². The molecular weight excluding hydrogens is 520 g/mol. The number of nitrogens with one attached hydrogen (secondary N) is 2. The smallest absolute Gasteiger partial charge is 0.355 e. The predicted molar refractivity (Wildman–Crippen MR) is 143 cm³/mol. The molecular formula is C29H19Cl2F3N2O. The average Bonchev–Trinajstić information content (AvgIpc) is 2.86. The molecule has 0 fully saturated rings. The van der Waals surface area contributed by atoms with Gasteiger partial charge in [0.15, 0.2) is 0 Å². The van der Waals surface area contributed by atoms with Gasteiger partial charge in [-0.2, -0.15) is 13.2 Å². The van der Waals surface area contributed by atoms with Crippen molar-refractivity contribution in [2.75, 3.05) is 5.32 Å². The van der Waals surface area contributed by atoms with Crippen LogP contribution in [0.2, 0.25) is 10.0 Å². The van der Waals surface area contributed by atoms with E-state index in [0.29, 0.717) is 32.3 Å². The Balaban J connectivity index is 1.61. The zero-order valence-electron chi connectivity index (χ0n) is 19.1. The van der Waals surface area contributed by atoms with Crippen molar-refractivity contribution in [3.05, 3.63) is 140 Å². The fourth-order valence-corrected chi connectivity index (χ4v) is 4.59. The van der Waals surface area contributed by atoms with Gasteiger partial charge < -0.3 is 10.3 Å². The number of H-pyrrole nitrogens is 1. The minimum atomic E-state index is -4.43. The highest BCUT2D eigenvalue weighted by Crippen LogP contribution is 2.36. The summed E-state index contributed by atoms with van der Waals surface area (Å²) in [6.07, 6.45) is -4.43. The molecule has 0 aliphatic rings. The highest BCUT2D eigenvalue weighted by molar-refractivity contribution is 6.30. The van der Waals surface area contributed by atoms with Crippen LogP contribution in [0, 0.1) is 0 Å². The topological polar surface area (TPSA) is 44.9 Å². The van der Waals surface area contributed by atoms with Crippen LogP contribution < -0.4 is 10.9 Å². The molecule has 186 valence electrons. The average molecular weight is 539 g/mol. The van der Waals surface area contributed by atoms with E-state index >= 15 is 0 Å². The molecule has 0 amide bonds. The van der Waals surface area contributed by atoms with Crippen molar-refractivity contribution in [2.45, 2.75) is 12.1 Å². The van der Waals surface area contributed by atoms with E-state index in [0.717, 1.165) is 28.8 Å². The van der Waals surface area contributed by atoms with Crippen molar-refractivity contribution in [3.63, 3.8) is 0 Å². The van der Waals surface area contributed by atoms with Gasteiger partial charge in [-0.3, -0.25) is 4.79 Å². The molecule has 0 spiro atoms. The molecule has 0 radical (unpaired) electrons. The monoisotopic (exact) mass is 538 g/mol. The lowest BCUT2D eigenvalue weighted by molar-refractivity contribution is -0.137. The number of fused-ring (bicyclic) bond motifs is 1. The van der Waals surface area contributed by atoms with Crippen LogP contribution >= 0.6 is 23.2 Å². The maximum absolute atomic E-state index is 13.0. The van der Waals surface area contributed by atoms with Gasteiger partial charge in [0.25, 0.3) is 0 Å². The summed E-state index contributed by atoms with van der Waals surface area (Å²) in [6, 6.07) is 26.9. The van der Waals surface area contributed by atoms with E-state index in [2.05, 4.69) is 10.3 Å². The van der Waals surface area contributed by atoms with Crippen molar-refractivity contribution < 1.29 is 13.2 Å². The number of pyridine rings is 1. The second-order valence-corrected chi connectivity index (χ2v) is 9.46. The summed E-state index contributed by atoms with van der Waals surface area (Å²) in [6.45, 7) is 0. The van der Waals surface area contributed by atoms with Crippen LogP contribution in [0.25, 0.3) is 10.9 Å². The number of rotatable bonds is 5. The summed E-state index contributed by atoms with van der Waals surface area (Å²) in [5.41, 5.74) is 3.38. The molecule has 1 heterocycles. The molecule has 0 saturated carbocycles. The van der Waals surface area contributed by atoms with Crippen molar-refractivity contribution in [1.82, 2.24) is 4.98 Å². The molecule has 0 saturated heterocycles. The van der Waals surface area contributed by atoms with Crippen LogP contribution in [0.3, 0.4) is 0 Å². The summed E-state index contributed by atoms with van der Waals surface area (Å²) >= 11 is 12.3. The Kier molecular flexibility index (Phi) is 6.71. The zero-order valence-corrected chi connectivity index (χ0v) is 20.6. The number of alkyl halides is 3. The van der Waals surface area contributed by atoms with E-state index in [1.807, 2.05) is 66.7 Å². The third kappa shape index (κ3) is 5.50. The van der Waals surface area contributed by atoms with Crippen LogP contribution in [-0.4, -0.2) is 4.98 Å². The molecule has 0 aliphatic heterocycles. The first-order valence-corrected chi connectivity index (χ1v) is 12.1. The van der Waals surface area contributed by atoms with Gasteiger partial charge in [0.2, 0.25) is 5.56 Å². The molecule has 8 heteroatoms. The minimum Gasteiger partial charge on any atom is -0.355 e. The van der Waals surface area contributed by atoms with Crippen molar-refractivity contribution in [3.8, 4) is 0 Å². The SMILES string of the molecule is O=c1cc(Nc2ccc(C(F)(F)F)cc2)c2cc(C(c3ccc(Cl)cc3)c3ccc(Cl)cc3)ccc2[nH]1. The maximum Gasteiger partial charge on any atom is 0.416 e. The summed E-state index contributed by atoms with van der Waals surface area (Å²) in [5, 5.41) is 5.06. The van der Waals surface area contributed by atoms with Crippen LogP contribution in [0.4, 0.5) is 24.5 Å². The third-order valence-electron chi connectivity index (χ3n) is 6.10. The first kappa shape index (κ1) is 24.9. The minimum absolute atomic E-state index is 0.162. The van der Waals surface area contributed by atoms with Gasteiger partial charge in [-0.05, 0) is 77.4 Å². The van der Waals surface area contributed by atoms with Gasteiger partial charge in [-0.25, -0.2) is 0 Å². The van der Waals surface area contributed by atoms with Gasteiger partial charge in [0, 0.05) is 33.1 Å². The van der Waals surface area contributed by atoms with E-state index in [1.165, 1.54) is 18.2 Å². The van der Waals surface area contributed by atoms with E-state index in [1.54, 1.807) is 0 Å². The summed E-state index contributed by atoms with van der Waals surface area (Å²) in [4.78, 5) is 15.2. The summed E-state index contributed by atoms with van der Waals surface area (Å²) in [5.74, 6) is -0.162. The van der Waals surface area contributed by atoms with Crippen molar-refractivity contribution in [2.24, 2.45) is 0 Å². The highest BCUT2D eigenvalue weighted by Gasteiger charge is 2.30. The van der Waals surface area contributed by atoms with Gasteiger partial charge in [0.1, 0.15) is 0 Å².